The number of amides is 2. The van der Waals surface area contributed by atoms with Crippen molar-refractivity contribution in [1.29, 1.82) is 0 Å². The first-order valence-corrected chi connectivity index (χ1v) is 11.9. The van der Waals surface area contributed by atoms with Crippen molar-refractivity contribution in [3.63, 3.8) is 0 Å². The van der Waals surface area contributed by atoms with E-state index in [0.717, 1.165) is 24.0 Å². The zero-order valence-corrected chi connectivity index (χ0v) is 19.0. The van der Waals surface area contributed by atoms with Crippen LogP contribution >= 0.6 is 0 Å². The third kappa shape index (κ3) is 6.49. The summed E-state index contributed by atoms with van der Waals surface area (Å²) in [6.07, 6.45) is 1.63. The monoisotopic (exact) mass is 467 g/mol. The molecule has 32 heavy (non-hydrogen) atoms. The van der Waals surface area contributed by atoms with Crippen LogP contribution in [0.5, 0.6) is 0 Å². The van der Waals surface area contributed by atoms with Crippen LogP contribution in [-0.2, 0) is 26.0 Å². The molecule has 2 aromatic carbocycles. The summed E-state index contributed by atoms with van der Waals surface area (Å²) < 4.78 is 52.5. The molecule has 1 N–H and O–H groups in total. The van der Waals surface area contributed by atoms with Crippen LogP contribution in [0.3, 0.4) is 0 Å². The fourth-order valence-corrected chi connectivity index (χ4v) is 4.16. The van der Waals surface area contributed by atoms with E-state index in [-0.39, 0.29) is 18.1 Å². The average molecular weight is 468 g/mol. The lowest BCUT2D eigenvalue weighted by Gasteiger charge is -2.32. The van der Waals surface area contributed by atoms with Crippen LogP contribution in [0.2, 0.25) is 0 Å². The average Bonchev–Trinajstić information content (AvgIpc) is 2.76. The van der Waals surface area contributed by atoms with Crippen LogP contribution in [0.15, 0.2) is 48.5 Å². The van der Waals surface area contributed by atoms with Gasteiger partial charge in [0.15, 0.2) is 11.6 Å². The number of carbonyl (C=O) groups excluding carboxylic acids is 2. The lowest BCUT2D eigenvalue weighted by atomic mass is 10.1. The summed E-state index contributed by atoms with van der Waals surface area (Å²) in [6.45, 7) is 1.25. The number of anilines is 1. The van der Waals surface area contributed by atoms with Crippen molar-refractivity contribution in [3.05, 3.63) is 65.7 Å². The van der Waals surface area contributed by atoms with E-state index in [2.05, 4.69) is 5.32 Å². The first-order valence-electron chi connectivity index (χ1n) is 10.1. The van der Waals surface area contributed by atoms with Crippen LogP contribution in [0, 0.1) is 11.6 Å². The fourth-order valence-electron chi connectivity index (χ4n) is 3.32. The largest absolute Gasteiger partial charge is 0.357 e. The molecule has 7 nitrogen and oxygen atoms in total. The molecular weight excluding hydrogens is 440 g/mol. The number of halogens is 2. The van der Waals surface area contributed by atoms with Crippen LogP contribution in [0.25, 0.3) is 0 Å². The summed E-state index contributed by atoms with van der Waals surface area (Å²) >= 11 is 0. The van der Waals surface area contributed by atoms with E-state index in [9.17, 15) is 26.8 Å². The molecular formula is C22H27F2N3O4S. The number of hydrogen-bond acceptors (Lipinski definition) is 4. The van der Waals surface area contributed by atoms with Gasteiger partial charge in [0.05, 0.1) is 11.9 Å². The standard InChI is InChI=1S/C22H27F2N3O4S/c1-4-20(22(29)25-2)26(13-12-16-8-6-5-7-9-16)21(28)15-27(32(3,30)31)17-10-11-18(23)19(24)14-17/h5-11,14,20H,4,12-13,15H2,1-3H3,(H,25,29)/t20-/m1/s1. The van der Waals surface area contributed by atoms with Crippen molar-refractivity contribution < 1.29 is 26.8 Å². The van der Waals surface area contributed by atoms with E-state index in [0.29, 0.717) is 23.2 Å². The Kier molecular flexibility index (Phi) is 8.71. The molecule has 1 atom stereocenters. The molecule has 0 unspecified atom stereocenters. The number of rotatable bonds is 10. The zero-order valence-electron chi connectivity index (χ0n) is 18.2. The normalized spacial score (nSPS) is 12.2. The maximum Gasteiger partial charge on any atom is 0.244 e. The van der Waals surface area contributed by atoms with Gasteiger partial charge in [0.2, 0.25) is 21.8 Å². The number of nitrogens with one attached hydrogen (secondary N) is 1. The first kappa shape index (κ1) is 25.3. The van der Waals surface area contributed by atoms with Crippen molar-refractivity contribution in [1.82, 2.24) is 10.2 Å². The fraction of sp³-hybridized carbons (Fsp3) is 0.364. The molecule has 0 saturated carbocycles. The number of nitrogens with zero attached hydrogens (tertiary/aromatic N) is 2. The molecule has 0 aliphatic carbocycles. The lowest BCUT2D eigenvalue weighted by Crippen LogP contribution is -2.52. The van der Waals surface area contributed by atoms with Gasteiger partial charge < -0.3 is 10.2 Å². The van der Waals surface area contributed by atoms with Gasteiger partial charge in [-0.1, -0.05) is 37.3 Å². The molecule has 2 rings (SSSR count). The van der Waals surface area contributed by atoms with Gasteiger partial charge in [-0.2, -0.15) is 0 Å². The molecule has 0 aliphatic heterocycles. The van der Waals surface area contributed by atoms with E-state index < -0.39 is 40.2 Å². The van der Waals surface area contributed by atoms with Crippen molar-refractivity contribution in [3.8, 4) is 0 Å². The molecule has 0 fully saturated rings. The Morgan fingerprint density at radius 2 is 1.72 bits per heavy atom. The Hall–Kier alpha value is -3.01. The maximum absolute atomic E-state index is 13.7. The zero-order chi connectivity index (χ0) is 23.9. The molecule has 0 aromatic heterocycles. The third-order valence-electron chi connectivity index (χ3n) is 4.99. The van der Waals surface area contributed by atoms with Gasteiger partial charge in [0.1, 0.15) is 12.6 Å². The van der Waals surface area contributed by atoms with E-state index in [4.69, 9.17) is 0 Å². The number of carbonyl (C=O) groups is 2. The van der Waals surface area contributed by atoms with E-state index in [1.54, 1.807) is 6.92 Å². The molecule has 0 aliphatic rings. The lowest BCUT2D eigenvalue weighted by molar-refractivity contribution is -0.139. The second-order valence-electron chi connectivity index (χ2n) is 7.23. The number of likely N-dealkylation sites (N-methyl/N-ethyl adjacent to an activating group) is 1. The molecule has 10 heteroatoms. The van der Waals surface area contributed by atoms with Gasteiger partial charge in [0.25, 0.3) is 0 Å². The van der Waals surface area contributed by atoms with E-state index in [1.165, 1.54) is 11.9 Å². The van der Waals surface area contributed by atoms with Crippen molar-refractivity contribution in [2.45, 2.75) is 25.8 Å². The Bertz CT molecular complexity index is 1050. The molecule has 0 heterocycles. The van der Waals surface area contributed by atoms with Gasteiger partial charge >= 0.3 is 0 Å². The first-order chi connectivity index (χ1) is 15.1. The van der Waals surface area contributed by atoms with Gasteiger partial charge in [0, 0.05) is 19.7 Å². The SMILES string of the molecule is CC[C@H](C(=O)NC)N(CCc1ccccc1)C(=O)CN(c1ccc(F)c(F)c1)S(C)(=O)=O. The minimum Gasteiger partial charge on any atom is -0.357 e. The van der Waals surface area contributed by atoms with E-state index >= 15 is 0 Å². The highest BCUT2D eigenvalue weighted by atomic mass is 32.2. The van der Waals surface area contributed by atoms with Crippen molar-refractivity contribution in [2.75, 3.05) is 30.7 Å². The summed E-state index contributed by atoms with van der Waals surface area (Å²) in [7, 11) is -2.55. The van der Waals surface area contributed by atoms with Crippen molar-refractivity contribution >= 4 is 27.5 Å². The molecule has 0 radical (unpaired) electrons. The predicted octanol–water partition coefficient (Wildman–Crippen LogP) is 2.33. The van der Waals surface area contributed by atoms with Crippen molar-refractivity contribution in [2.24, 2.45) is 0 Å². The third-order valence-corrected chi connectivity index (χ3v) is 6.13. The molecule has 0 bridgehead atoms. The summed E-state index contributed by atoms with van der Waals surface area (Å²) in [5, 5.41) is 2.52. The highest BCUT2D eigenvalue weighted by Crippen LogP contribution is 2.21. The van der Waals surface area contributed by atoms with Gasteiger partial charge in [-0.3, -0.25) is 13.9 Å². The predicted molar refractivity (Wildman–Crippen MR) is 119 cm³/mol. The maximum atomic E-state index is 13.7. The molecule has 2 amide bonds. The summed E-state index contributed by atoms with van der Waals surface area (Å²) in [4.78, 5) is 27.0. The minimum atomic E-state index is -4.01. The molecule has 2 aromatic rings. The van der Waals surface area contributed by atoms with Crippen LogP contribution in [-0.4, -0.2) is 57.6 Å². The summed E-state index contributed by atoms with van der Waals surface area (Å²) in [6, 6.07) is 11.1. The second kappa shape index (κ2) is 11.0. The number of sulfonamides is 1. The highest BCUT2D eigenvalue weighted by Gasteiger charge is 2.31. The van der Waals surface area contributed by atoms with E-state index in [1.807, 2.05) is 30.3 Å². The number of benzene rings is 2. The number of hydrogen-bond donors (Lipinski definition) is 1. The highest BCUT2D eigenvalue weighted by molar-refractivity contribution is 7.92. The molecule has 0 saturated heterocycles. The summed E-state index contributed by atoms with van der Waals surface area (Å²) in [5.41, 5.74) is 0.758. The minimum absolute atomic E-state index is 0.171. The Morgan fingerprint density at radius 1 is 1.06 bits per heavy atom. The Morgan fingerprint density at radius 3 is 2.25 bits per heavy atom. The Balaban J connectivity index is 2.36. The van der Waals surface area contributed by atoms with Crippen LogP contribution in [0.4, 0.5) is 14.5 Å². The topological polar surface area (TPSA) is 86.8 Å². The van der Waals surface area contributed by atoms with Crippen LogP contribution < -0.4 is 9.62 Å². The summed E-state index contributed by atoms with van der Waals surface area (Å²) in [5.74, 6) is -3.39. The molecule has 0 spiro atoms. The van der Waals surface area contributed by atoms with Gasteiger partial charge in [-0.05, 0) is 30.5 Å². The van der Waals surface area contributed by atoms with Gasteiger partial charge in [-0.15, -0.1) is 0 Å². The Labute approximate surface area is 187 Å². The smallest absolute Gasteiger partial charge is 0.244 e. The quantitative estimate of drug-likeness (QED) is 0.581. The molecule has 174 valence electrons. The van der Waals surface area contributed by atoms with Crippen LogP contribution in [0.1, 0.15) is 18.9 Å². The second-order valence-corrected chi connectivity index (χ2v) is 9.14. The van der Waals surface area contributed by atoms with Gasteiger partial charge in [-0.25, -0.2) is 17.2 Å².